The molecule has 0 spiro atoms. The number of carbonyl (C=O) groups is 1. The summed E-state index contributed by atoms with van der Waals surface area (Å²) in [5.41, 5.74) is 5.17. The number of rotatable bonds is 8. The number of aliphatic hydroxyl groups excluding tert-OH is 1. The Hall–Kier alpha value is -3.35. The Morgan fingerprint density at radius 3 is 2.25 bits per heavy atom. The van der Waals surface area contributed by atoms with Crippen molar-refractivity contribution in [2.75, 3.05) is 32.8 Å². The number of hydrogen-bond donors (Lipinski definition) is 2. The van der Waals surface area contributed by atoms with Crippen molar-refractivity contribution in [2.24, 2.45) is 0 Å². The van der Waals surface area contributed by atoms with Gasteiger partial charge in [0, 0.05) is 6.54 Å². The van der Waals surface area contributed by atoms with Gasteiger partial charge in [0.15, 0.2) is 11.5 Å². The monoisotopic (exact) mass is 486 g/mol. The topological polar surface area (TPSA) is 71.0 Å². The van der Waals surface area contributed by atoms with Gasteiger partial charge < -0.3 is 24.8 Å². The molecule has 2 aliphatic heterocycles. The van der Waals surface area contributed by atoms with Crippen molar-refractivity contribution in [1.82, 2.24) is 10.2 Å². The number of fused-ring (bicyclic) bond motifs is 1. The molecule has 0 aliphatic carbocycles. The van der Waals surface area contributed by atoms with Crippen LogP contribution in [0, 0.1) is 6.92 Å². The Morgan fingerprint density at radius 1 is 0.917 bits per heavy atom. The van der Waals surface area contributed by atoms with E-state index < -0.39 is 12.1 Å². The lowest BCUT2D eigenvalue weighted by Crippen LogP contribution is -2.47. The van der Waals surface area contributed by atoms with Gasteiger partial charge in [0.2, 0.25) is 5.91 Å². The maximum Gasteiger partial charge on any atom is 0.224 e. The normalized spacial score (nSPS) is 16.9. The minimum Gasteiger partial charge on any atom is -0.486 e. The molecule has 1 fully saturated rings. The summed E-state index contributed by atoms with van der Waals surface area (Å²) in [4.78, 5) is 15.4. The van der Waals surface area contributed by atoms with Crippen LogP contribution in [0.4, 0.5) is 0 Å². The molecule has 3 aromatic carbocycles. The quantitative estimate of drug-likeness (QED) is 0.497. The Balaban J connectivity index is 1.27. The second kappa shape index (κ2) is 11.1. The summed E-state index contributed by atoms with van der Waals surface area (Å²) in [5, 5.41) is 14.4. The average molecular weight is 487 g/mol. The van der Waals surface area contributed by atoms with E-state index in [2.05, 4.69) is 53.5 Å². The summed E-state index contributed by atoms with van der Waals surface area (Å²) in [6.45, 7) is 5.67. The van der Waals surface area contributed by atoms with Crippen LogP contribution in [0.2, 0.25) is 0 Å². The first kappa shape index (κ1) is 24.3. The number of nitrogens with one attached hydrogen (secondary N) is 1. The lowest BCUT2D eigenvalue weighted by Gasteiger charge is -2.29. The van der Waals surface area contributed by atoms with Crippen molar-refractivity contribution in [1.29, 1.82) is 0 Å². The summed E-state index contributed by atoms with van der Waals surface area (Å²) in [6, 6.07) is 21.6. The molecular weight excluding hydrogens is 452 g/mol. The first-order valence-corrected chi connectivity index (χ1v) is 12.8. The van der Waals surface area contributed by atoms with Crippen molar-refractivity contribution in [3.8, 4) is 22.6 Å². The zero-order valence-corrected chi connectivity index (χ0v) is 20.8. The Labute approximate surface area is 212 Å². The summed E-state index contributed by atoms with van der Waals surface area (Å²) in [6.07, 6.45) is 1.70. The van der Waals surface area contributed by atoms with Gasteiger partial charge in [0.05, 0.1) is 12.5 Å². The summed E-state index contributed by atoms with van der Waals surface area (Å²) in [5.74, 6) is 1.23. The van der Waals surface area contributed by atoms with Crippen LogP contribution in [0.5, 0.6) is 11.5 Å². The molecule has 0 saturated carbocycles. The largest absolute Gasteiger partial charge is 0.486 e. The second-order valence-corrected chi connectivity index (χ2v) is 9.77. The van der Waals surface area contributed by atoms with E-state index in [0.29, 0.717) is 36.8 Å². The molecule has 5 rings (SSSR count). The van der Waals surface area contributed by atoms with Crippen LogP contribution in [0.15, 0.2) is 66.7 Å². The molecule has 0 bridgehead atoms. The first-order chi connectivity index (χ1) is 17.5. The number of benzene rings is 3. The van der Waals surface area contributed by atoms with Crippen molar-refractivity contribution in [2.45, 2.75) is 38.3 Å². The first-order valence-electron chi connectivity index (χ1n) is 12.8. The minimum atomic E-state index is -0.853. The molecule has 6 heteroatoms. The van der Waals surface area contributed by atoms with Crippen LogP contribution in [0.25, 0.3) is 11.1 Å². The van der Waals surface area contributed by atoms with Gasteiger partial charge in [0.25, 0.3) is 0 Å². The van der Waals surface area contributed by atoms with E-state index in [9.17, 15) is 9.90 Å². The number of nitrogens with zero attached hydrogens (tertiary/aromatic N) is 1. The van der Waals surface area contributed by atoms with Crippen molar-refractivity contribution < 1.29 is 19.4 Å². The number of ether oxygens (including phenoxy) is 2. The van der Waals surface area contributed by atoms with E-state index in [1.165, 1.54) is 5.56 Å². The molecule has 2 heterocycles. The van der Waals surface area contributed by atoms with Crippen LogP contribution in [0.1, 0.15) is 35.6 Å². The average Bonchev–Trinajstić information content (AvgIpc) is 3.42. The third-order valence-corrected chi connectivity index (χ3v) is 6.99. The smallest absolute Gasteiger partial charge is 0.224 e. The van der Waals surface area contributed by atoms with Crippen LogP contribution in [-0.2, 0) is 11.2 Å². The fourth-order valence-electron chi connectivity index (χ4n) is 4.95. The Bertz CT molecular complexity index is 1170. The van der Waals surface area contributed by atoms with E-state index in [0.717, 1.165) is 42.6 Å². The van der Waals surface area contributed by atoms with Crippen LogP contribution >= 0.6 is 0 Å². The predicted octanol–water partition coefficient (Wildman–Crippen LogP) is 4.29. The fourth-order valence-corrected chi connectivity index (χ4v) is 4.95. The minimum absolute atomic E-state index is 0.0983. The third-order valence-electron chi connectivity index (χ3n) is 6.99. The molecule has 0 radical (unpaired) electrons. The molecule has 2 N–H and O–H groups in total. The van der Waals surface area contributed by atoms with E-state index in [4.69, 9.17) is 9.47 Å². The van der Waals surface area contributed by atoms with E-state index in [1.807, 2.05) is 30.3 Å². The molecular formula is C30H34N2O4. The SMILES string of the molecule is Cc1ccc(-c2ccc(CC(=O)NC(CN3CCCC3)C(O)c3ccc4c(c3)OCCO4)cc2)cc1. The zero-order chi connectivity index (χ0) is 24.9. The third kappa shape index (κ3) is 5.89. The van der Waals surface area contributed by atoms with Crippen LogP contribution in [0.3, 0.4) is 0 Å². The molecule has 188 valence electrons. The molecule has 2 atom stereocenters. The van der Waals surface area contributed by atoms with Crippen LogP contribution in [-0.4, -0.2) is 54.8 Å². The highest BCUT2D eigenvalue weighted by Crippen LogP contribution is 2.33. The van der Waals surface area contributed by atoms with Gasteiger partial charge in [-0.05, 0) is 67.2 Å². The number of amides is 1. The summed E-state index contributed by atoms with van der Waals surface area (Å²) >= 11 is 0. The van der Waals surface area contributed by atoms with Crippen LogP contribution < -0.4 is 14.8 Å². The Morgan fingerprint density at radius 2 is 1.56 bits per heavy atom. The molecule has 0 aromatic heterocycles. The predicted molar refractivity (Wildman–Crippen MR) is 140 cm³/mol. The molecule has 2 aliphatic rings. The molecule has 6 nitrogen and oxygen atoms in total. The lowest BCUT2D eigenvalue weighted by atomic mass is 9.99. The highest BCUT2D eigenvalue weighted by atomic mass is 16.6. The number of carbonyl (C=O) groups excluding carboxylic acids is 1. The number of aliphatic hydroxyl groups is 1. The number of aryl methyl sites for hydroxylation is 1. The highest BCUT2D eigenvalue weighted by Gasteiger charge is 2.28. The van der Waals surface area contributed by atoms with E-state index in [-0.39, 0.29) is 12.3 Å². The van der Waals surface area contributed by atoms with Gasteiger partial charge in [-0.15, -0.1) is 0 Å². The number of likely N-dealkylation sites (tertiary alicyclic amines) is 1. The standard InChI is InChI=1S/C30H34N2O4/c1-21-4-8-23(9-5-21)24-10-6-22(7-11-24)18-29(33)31-26(20-32-14-2-3-15-32)30(34)25-12-13-27-28(19-25)36-17-16-35-27/h4-13,19,26,30,34H,2-3,14-18,20H2,1H3,(H,31,33). The molecule has 1 amide bonds. The zero-order valence-electron chi connectivity index (χ0n) is 20.8. The maximum atomic E-state index is 13.1. The van der Waals surface area contributed by atoms with Gasteiger partial charge in [-0.3, -0.25) is 4.79 Å². The van der Waals surface area contributed by atoms with Crippen molar-refractivity contribution in [3.63, 3.8) is 0 Å². The van der Waals surface area contributed by atoms with E-state index in [1.54, 1.807) is 0 Å². The molecule has 3 aromatic rings. The Kier molecular flexibility index (Phi) is 7.54. The summed E-state index contributed by atoms with van der Waals surface area (Å²) in [7, 11) is 0. The van der Waals surface area contributed by atoms with Gasteiger partial charge in [-0.1, -0.05) is 60.2 Å². The van der Waals surface area contributed by atoms with Gasteiger partial charge in [-0.2, -0.15) is 0 Å². The molecule has 2 unspecified atom stereocenters. The van der Waals surface area contributed by atoms with Gasteiger partial charge >= 0.3 is 0 Å². The fraction of sp³-hybridized carbons (Fsp3) is 0.367. The van der Waals surface area contributed by atoms with Gasteiger partial charge in [-0.25, -0.2) is 0 Å². The molecule has 36 heavy (non-hydrogen) atoms. The van der Waals surface area contributed by atoms with E-state index >= 15 is 0 Å². The maximum absolute atomic E-state index is 13.1. The van der Waals surface area contributed by atoms with Gasteiger partial charge in [0.1, 0.15) is 19.3 Å². The number of hydrogen-bond acceptors (Lipinski definition) is 5. The highest BCUT2D eigenvalue weighted by molar-refractivity contribution is 5.79. The second-order valence-electron chi connectivity index (χ2n) is 9.77. The van der Waals surface area contributed by atoms with Crippen molar-refractivity contribution in [3.05, 3.63) is 83.4 Å². The lowest BCUT2D eigenvalue weighted by molar-refractivity contribution is -0.122. The summed E-state index contributed by atoms with van der Waals surface area (Å²) < 4.78 is 11.3. The molecule has 1 saturated heterocycles. The van der Waals surface area contributed by atoms with Crippen molar-refractivity contribution >= 4 is 5.91 Å².